The second-order valence-electron chi connectivity index (χ2n) is 7.26. The van der Waals surface area contributed by atoms with Crippen LogP contribution in [0.5, 0.6) is 11.5 Å². The van der Waals surface area contributed by atoms with Crippen molar-refractivity contribution in [1.29, 1.82) is 0 Å². The van der Waals surface area contributed by atoms with Gasteiger partial charge in [0, 0.05) is 5.56 Å². The van der Waals surface area contributed by atoms with Crippen LogP contribution in [0.15, 0.2) is 42.5 Å². The lowest BCUT2D eigenvalue weighted by molar-refractivity contribution is -0.122. The SMILES string of the molecule is Cc1ccc(O)cc1C(=O)CNC(=O)COc1ccc(C(C)(C)C)cc1. The van der Waals surface area contributed by atoms with Crippen LogP contribution in [0.25, 0.3) is 0 Å². The third-order valence-electron chi connectivity index (χ3n) is 4.06. The molecule has 0 bridgehead atoms. The number of ketones is 1. The van der Waals surface area contributed by atoms with E-state index in [0.717, 1.165) is 5.56 Å². The van der Waals surface area contributed by atoms with Crippen molar-refractivity contribution in [3.05, 3.63) is 59.2 Å². The Morgan fingerprint density at radius 1 is 1.08 bits per heavy atom. The van der Waals surface area contributed by atoms with Crippen molar-refractivity contribution in [2.24, 2.45) is 0 Å². The average molecular weight is 355 g/mol. The lowest BCUT2D eigenvalue weighted by Crippen LogP contribution is -2.33. The van der Waals surface area contributed by atoms with Crippen LogP contribution in [0.2, 0.25) is 0 Å². The maximum atomic E-state index is 12.2. The first kappa shape index (κ1) is 19.5. The summed E-state index contributed by atoms with van der Waals surface area (Å²) in [7, 11) is 0. The minimum atomic E-state index is -0.379. The molecule has 2 aromatic carbocycles. The molecule has 1 amide bonds. The van der Waals surface area contributed by atoms with E-state index < -0.39 is 0 Å². The molecule has 0 saturated carbocycles. The number of phenolic OH excluding ortho intramolecular Hbond substituents is 1. The van der Waals surface area contributed by atoms with Gasteiger partial charge in [0.25, 0.3) is 5.91 Å². The Morgan fingerprint density at radius 2 is 1.73 bits per heavy atom. The van der Waals surface area contributed by atoms with Crippen LogP contribution in [-0.2, 0) is 10.2 Å². The highest BCUT2D eigenvalue weighted by Gasteiger charge is 2.14. The van der Waals surface area contributed by atoms with Gasteiger partial charge in [-0.15, -0.1) is 0 Å². The second-order valence-corrected chi connectivity index (χ2v) is 7.26. The Hall–Kier alpha value is -2.82. The first-order chi connectivity index (χ1) is 12.2. The summed E-state index contributed by atoms with van der Waals surface area (Å²) >= 11 is 0. The van der Waals surface area contributed by atoms with Gasteiger partial charge in [0.05, 0.1) is 6.54 Å². The van der Waals surface area contributed by atoms with Crippen molar-refractivity contribution >= 4 is 11.7 Å². The number of aromatic hydroxyl groups is 1. The molecule has 0 aliphatic rings. The summed E-state index contributed by atoms with van der Waals surface area (Å²) in [5.74, 6) is -0.0204. The summed E-state index contributed by atoms with van der Waals surface area (Å²) < 4.78 is 5.45. The van der Waals surface area contributed by atoms with Crippen LogP contribution in [-0.4, -0.2) is 29.9 Å². The minimum absolute atomic E-state index is 0.0207. The molecule has 0 atom stereocenters. The maximum Gasteiger partial charge on any atom is 0.258 e. The first-order valence-electron chi connectivity index (χ1n) is 8.49. The Kier molecular flexibility index (Phi) is 6.03. The van der Waals surface area contributed by atoms with Crippen molar-refractivity contribution in [1.82, 2.24) is 5.32 Å². The molecule has 0 aromatic heterocycles. The molecule has 26 heavy (non-hydrogen) atoms. The standard InChI is InChI=1S/C21H25NO4/c1-14-5-8-16(23)11-18(14)19(24)12-22-20(25)13-26-17-9-6-15(7-10-17)21(2,3)4/h5-11,23H,12-13H2,1-4H3,(H,22,25). The molecule has 5 nitrogen and oxygen atoms in total. The number of nitrogens with one attached hydrogen (secondary N) is 1. The smallest absolute Gasteiger partial charge is 0.258 e. The van der Waals surface area contributed by atoms with E-state index in [2.05, 4.69) is 26.1 Å². The van der Waals surface area contributed by atoms with Gasteiger partial charge in [-0.1, -0.05) is 39.0 Å². The molecule has 0 heterocycles. The number of rotatable bonds is 6. The van der Waals surface area contributed by atoms with Gasteiger partial charge >= 0.3 is 0 Å². The van der Waals surface area contributed by atoms with E-state index >= 15 is 0 Å². The highest BCUT2D eigenvalue weighted by Crippen LogP contribution is 2.24. The molecule has 0 radical (unpaired) electrons. The zero-order valence-electron chi connectivity index (χ0n) is 15.6. The van der Waals surface area contributed by atoms with Gasteiger partial charge in [-0.05, 0) is 47.7 Å². The minimum Gasteiger partial charge on any atom is -0.508 e. The normalized spacial score (nSPS) is 11.1. The van der Waals surface area contributed by atoms with Crippen LogP contribution in [0, 0.1) is 6.92 Å². The summed E-state index contributed by atoms with van der Waals surface area (Å²) in [6.45, 7) is 7.85. The Morgan fingerprint density at radius 3 is 2.35 bits per heavy atom. The van der Waals surface area contributed by atoms with Gasteiger partial charge in [-0.25, -0.2) is 0 Å². The van der Waals surface area contributed by atoms with E-state index in [0.29, 0.717) is 11.3 Å². The fraction of sp³-hybridized carbons (Fsp3) is 0.333. The Balaban J connectivity index is 1.83. The fourth-order valence-electron chi connectivity index (χ4n) is 2.44. The van der Waals surface area contributed by atoms with Crippen molar-refractivity contribution in [3.8, 4) is 11.5 Å². The van der Waals surface area contributed by atoms with Crippen LogP contribution < -0.4 is 10.1 Å². The molecule has 138 valence electrons. The highest BCUT2D eigenvalue weighted by molar-refractivity contribution is 6.00. The zero-order valence-corrected chi connectivity index (χ0v) is 15.6. The van der Waals surface area contributed by atoms with Crippen molar-refractivity contribution in [2.75, 3.05) is 13.2 Å². The van der Waals surface area contributed by atoms with E-state index in [1.807, 2.05) is 24.3 Å². The molecular formula is C21H25NO4. The van der Waals surface area contributed by atoms with Gasteiger partial charge in [-0.3, -0.25) is 9.59 Å². The Bertz CT molecular complexity index is 789. The topological polar surface area (TPSA) is 75.6 Å². The number of carbonyl (C=O) groups is 2. The number of carbonyl (C=O) groups excluding carboxylic acids is 2. The van der Waals surface area contributed by atoms with Crippen LogP contribution in [0.1, 0.15) is 42.3 Å². The molecule has 2 rings (SSSR count). The number of phenols is 1. The molecule has 0 unspecified atom stereocenters. The molecule has 0 saturated heterocycles. The van der Waals surface area contributed by atoms with E-state index in [1.165, 1.54) is 17.7 Å². The zero-order chi connectivity index (χ0) is 19.3. The number of aryl methyl sites for hydroxylation is 1. The molecule has 0 aliphatic heterocycles. The summed E-state index contributed by atoms with van der Waals surface area (Å²) in [6.07, 6.45) is 0. The van der Waals surface area contributed by atoms with Crippen molar-refractivity contribution in [2.45, 2.75) is 33.1 Å². The predicted molar refractivity (Wildman–Crippen MR) is 101 cm³/mol. The monoisotopic (exact) mass is 355 g/mol. The van der Waals surface area contributed by atoms with Crippen molar-refractivity contribution in [3.63, 3.8) is 0 Å². The van der Waals surface area contributed by atoms with Crippen LogP contribution in [0.3, 0.4) is 0 Å². The van der Waals surface area contributed by atoms with Crippen LogP contribution >= 0.6 is 0 Å². The first-order valence-corrected chi connectivity index (χ1v) is 8.49. The fourth-order valence-corrected chi connectivity index (χ4v) is 2.44. The molecule has 0 spiro atoms. The molecule has 2 aromatic rings. The lowest BCUT2D eigenvalue weighted by Gasteiger charge is -2.19. The highest BCUT2D eigenvalue weighted by atomic mass is 16.5. The van der Waals surface area contributed by atoms with Gasteiger partial charge in [0.1, 0.15) is 11.5 Å². The van der Waals surface area contributed by atoms with E-state index in [1.54, 1.807) is 13.0 Å². The number of amides is 1. The van der Waals surface area contributed by atoms with Gasteiger partial charge in [0.2, 0.25) is 0 Å². The summed E-state index contributed by atoms with van der Waals surface area (Å²) in [6, 6.07) is 12.2. The summed E-state index contributed by atoms with van der Waals surface area (Å²) in [4.78, 5) is 24.1. The summed E-state index contributed by atoms with van der Waals surface area (Å²) in [5.41, 5.74) is 2.38. The molecular weight excluding hydrogens is 330 g/mol. The maximum absolute atomic E-state index is 12.2. The Labute approximate surface area is 154 Å². The molecule has 0 fully saturated rings. The third-order valence-corrected chi connectivity index (χ3v) is 4.06. The van der Waals surface area contributed by atoms with Gasteiger partial charge in [-0.2, -0.15) is 0 Å². The van der Waals surface area contributed by atoms with E-state index in [-0.39, 0.29) is 36.0 Å². The summed E-state index contributed by atoms with van der Waals surface area (Å²) in [5, 5.41) is 12.0. The molecule has 2 N–H and O–H groups in total. The van der Waals surface area contributed by atoms with E-state index in [9.17, 15) is 14.7 Å². The quantitative estimate of drug-likeness (QED) is 0.779. The number of ether oxygens (including phenoxy) is 1. The van der Waals surface area contributed by atoms with Gasteiger partial charge < -0.3 is 15.2 Å². The number of benzene rings is 2. The lowest BCUT2D eigenvalue weighted by atomic mass is 9.87. The molecule has 5 heteroatoms. The number of hydrogen-bond acceptors (Lipinski definition) is 4. The number of hydrogen-bond donors (Lipinski definition) is 2. The predicted octanol–water partition coefficient (Wildman–Crippen LogP) is 3.38. The van der Waals surface area contributed by atoms with Crippen molar-refractivity contribution < 1.29 is 19.4 Å². The molecule has 0 aliphatic carbocycles. The average Bonchev–Trinajstić information content (AvgIpc) is 2.59. The van der Waals surface area contributed by atoms with Crippen LogP contribution in [0.4, 0.5) is 0 Å². The number of Topliss-reactive ketones (excluding diaryl/α,β-unsaturated/α-hetero) is 1. The second kappa shape index (κ2) is 8.04. The van der Waals surface area contributed by atoms with E-state index in [4.69, 9.17) is 4.74 Å². The van der Waals surface area contributed by atoms with Gasteiger partial charge in [0.15, 0.2) is 12.4 Å². The third kappa shape index (κ3) is 5.34. The largest absolute Gasteiger partial charge is 0.508 e.